The molecule has 36 heavy (non-hydrogen) atoms. The van der Waals surface area contributed by atoms with Crippen molar-refractivity contribution in [2.75, 3.05) is 26.2 Å². The van der Waals surface area contributed by atoms with Crippen molar-refractivity contribution in [2.45, 2.75) is 73.4 Å². The molecular weight excluding hydrogens is 450 g/mol. The van der Waals surface area contributed by atoms with Gasteiger partial charge in [-0.25, -0.2) is 9.97 Å². The molecule has 1 amide bonds. The molecule has 1 aliphatic heterocycles. The number of hydrogen-bond acceptors (Lipinski definition) is 5. The number of nitrogens with zero attached hydrogens (tertiary/aromatic N) is 5. The van der Waals surface area contributed by atoms with Crippen molar-refractivity contribution < 1.29 is 4.79 Å². The molecule has 3 rings (SSSR count). The second-order valence-electron chi connectivity index (χ2n) is 8.72. The van der Waals surface area contributed by atoms with Crippen LogP contribution in [0.5, 0.6) is 0 Å². The number of allylic oxidation sites excluding steroid dienone is 3. The fourth-order valence-corrected chi connectivity index (χ4v) is 4.22. The van der Waals surface area contributed by atoms with Gasteiger partial charge in [-0.3, -0.25) is 19.1 Å². The van der Waals surface area contributed by atoms with Crippen LogP contribution in [0.15, 0.2) is 60.1 Å². The molecular formula is C29H45N5O2. The Bertz CT molecular complexity index is 1100. The molecule has 0 bridgehead atoms. The number of carbonyl (C=O) groups is 1. The molecule has 2 aromatic heterocycles. The van der Waals surface area contributed by atoms with Crippen molar-refractivity contribution in [3.05, 3.63) is 71.5 Å². The van der Waals surface area contributed by atoms with Gasteiger partial charge in [0.05, 0.1) is 0 Å². The van der Waals surface area contributed by atoms with Gasteiger partial charge in [-0.05, 0) is 38.0 Å². The van der Waals surface area contributed by atoms with Crippen LogP contribution in [0, 0.1) is 0 Å². The highest BCUT2D eigenvalue weighted by Crippen LogP contribution is 2.21. The molecule has 0 unspecified atom stereocenters. The van der Waals surface area contributed by atoms with Crippen LogP contribution in [-0.4, -0.2) is 62.0 Å². The van der Waals surface area contributed by atoms with E-state index < -0.39 is 0 Å². The molecule has 3 heterocycles. The summed E-state index contributed by atoms with van der Waals surface area (Å²) in [5.74, 6) is 0.636. The molecule has 1 saturated heterocycles. The summed E-state index contributed by atoms with van der Waals surface area (Å²) in [4.78, 5) is 38.1. The van der Waals surface area contributed by atoms with Gasteiger partial charge in [0.15, 0.2) is 0 Å². The van der Waals surface area contributed by atoms with Crippen molar-refractivity contribution >= 4 is 16.9 Å². The Morgan fingerprint density at radius 2 is 1.78 bits per heavy atom. The van der Waals surface area contributed by atoms with Crippen molar-refractivity contribution in [1.29, 1.82) is 0 Å². The molecule has 0 spiro atoms. The number of rotatable bonds is 8. The summed E-state index contributed by atoms with van der Waals surface area (Å²) in [6, 6.07) is 3.35. The highest BCUT2D eigenvalue weighted by Gasteiger charge is 2.34. The van der Waals surface area contributed by atoms with E-state index >= 15 is 0 Å². The van der Waals surface area contributed by atoms with Gasteiger partial charge < -0.3 is 4.90 Å². The van der Waals surface area contributed by atoms with Crippen molar-refractivity contribution in [3.63, 3.8) is 0 Å². The number of aromatic nitrogens is 3. The third kappa shape index (κ3) is 7.98. The standard InChI is InChI=1S/C25H33N5O2.2C2H6/c1-6-9-19(7-2)16-21-26-17-20-10-11-23(32)30(24(20)27-21)15-14-29-13-12-28(22(31)8-3)18-25(29,4)5;2*1-2/h7-11,17H,2-3,6,12-16,18H2,1,4-5H3;2*1-2H3/b19-9+;;. The van der Waals surface area contributed by atoms with Crippen molar-refractivity contribution in [1.82, 2.24) is 24.3 Å². The third-order valence-corrected chi connectivity index (χ3v) is 6.02. The first-order valence-corrected chi connectivity index (χ1v) is 13.1. The van der Waals surface area contributed by atoms with Gasteiger partial charge in [-0.2, -0.15) is 0 Å². The van der Waals surface area contributed by atoms with Crippen LogP contribution in [0.3, 0.4) is 0 Å². The predicted molar refractivity (Wildman–Crippen MR) is 151 cm³/mol. The van der Waals surface area contributed by atoms with Crippen LogP contribution in [0.1, 0.15) is 60.7 Å². The first kappa shape index (κ1) is 31.0. The van der Waals surface area contributed by atoms with Crippen molar-refractivity contribution in [2.24, 2.45) is 0 Å². The lowest BCUT2D eigenvalue weighted by Gasteiger charge is -2.47. The molecule has 0 atom stereocenters. The Hall–Kier alpha value is -3.06. The summed E-state index contributed by atoms with van der Waals surface area (Å²) in [7, 11) is 0. The maximum absolute atomic E-state index is 12.7. The highest BCUT2D eigenvalue weighted by molar-refractivity contribution is 5.87. The van der Waals surface area contributed by atoms with E-state index in [0.717, 1.165) is 23.9 Å². The largest absolute Gasteiger partial charge is 0.336 e. The average molecular weight is 496 g/mol. The summed E-state index contributed by atoms with van der Waals surface area (Å²) >= 11 is 0. The number of amides is 1. The minimum Gasteiger partial charge on any atom is -0.336 e. The number of fused-ring (bicyclic) bond motifs is 1. The van der Waals surface area contributed by atoms with Gasteiger partial charge in [-0.15, -0.1) is 0 Å². The molecule has 0 N–H and O–H groups in total. The number of pyridine rings is 1. The fourth-order valence-electron chi connectivity index (χ4n) is 4.22. The van der Waals surface area contributed by atoms with Gasteiger partial charge in [0.2, 0.25) is 5.91 Å². The Morgan fingerprint density at radius 1 is 1.08 bits per heavy atom. The van der Waals surface area contributed by atoms with Crippen LogP contribution < -0.4 is 5.56 Å². The number of piperazine rings is 1. The maximum Gasteiger partial charge on any atom is 0.252 e. The molecule has 1 aliphatic rings. The third-order valence-electron chi connectivity index (χ3n) is 6.02. The molecule has 0 saturated carbocycles. The Labute approximate surface area is 217 Å². The lowest BCUT2D eigenvalue weighted by Crippen LogP contribution is -2.60. The van der Waals surface area contributed by atoms with Crippen LogP contribution in [0.2, 0.25) is 0 Å². The summed E-state index contributed by atoms with van der Waals surface area (Å²) in [6.45, 7) is 25.0. The molecule has 1 fully saturated rings. The van der Waals surface area contributed by atoms with Crippen LogP contribution in [0.25, 0.3) is 11.0 Å². The first-order valence-electron chi connectivity index (χ1n) is 13.1. The normalized spacial score (nSPS) is 15.3. The quantitative estimate of drug-likeness (QED) is 0.380. The lowest BCUT2D eigenvalue weighted by atomic mass is 9.98. The minimum atomic E-state index is -0.199. The zero-order valence-corrected chi connectivity index (χ0v) is 23.4. The van der Waals surface area contributed by atoms with Gasteiger partial charge in [0, 0.05) is 62.3 Å². The van der Waals surface area contributed by atoms with E-state index in [0.29, 0.717) is 44.1 Å². The smallest absolute Gasteiger partial charge is 0.252 e. The zero-order chi connectivity index (χ0) is 27.3. The topological polar surface area (TPSA) is 71.3 Å². The van der Waals surface area contributed by atoms with Gasteiger partial charge >= 0.3 is 0 Å². The van der Waals surface area contributed by atoms with E-state index in [1.807, 2.05) is 38.7 Å². The van der Waals surface area contributed by atoms with E-state index in [2.05, 4.69) is 49.9 Å². The molecule has 7 nitrogen and oxygen atoms in total. The zero-order valence-electron chi connectivity index (χ0n) is 23.4. The predicted octanol–water partition coefficient (Wildman–Crippen LogP) is 5.02. The molecule has 0 aliphatic carbocycles. The lowest BCUT2D eigenvalue weighted by molar-refractivity contribution is -0.131. The van der Waals surface area contributed by atoms with Gasteiger partial charge in [-0.1, -0.05) is 59.9 Å². The fraction of sp³-hybridized carbons (Fsp3) is 0.517. The van der Waals surface area contributed by atoms with Gasteiger partial charge in [0.1, 0.15) is 11.5 Å². The summed E-state index contributed by atoms with van der Waals surface area (Å²) in [5, 5.41) is 0.841. The molecule has 0 radical (unpaired) electrons. The average Bonchev–Trinajstić information content (AvgIpc) is 2.90. The van der Waals surface area contributed by atoms with E-state index in [1.165, 1.54) is 6.08 Å². The van der Waals surface area contributed by atoms with E-state index in [-0.39, 0.29) is 17.0 Å². The molecule has 7 heteroatoms. The Morgan fingerprint density at radius 3 is 2.36 bits per heavy atom. The maximum atomic E-state index is 12.7. The van der Waals surface area contributed by atoms with Gasteiger partial charge in [0.25, 0.3) is 5.56 Å². The monoisotopic (exact) mass is 495 g/mol. The van der Waals surface area contributed by atoms with Crippen LogP contribution in [0.4, 0.5) is 0 Å². The Kier molecular flexibility index (Phi) is 13.0. The van der Waals surface area contributed by atoms with Crippen molar-refractivity contribution in [3.8, 4) is 0 Å². The van der Waals surface area contributed by atoms with E-state index in [4.69, 9.17) is 4.98 Å². The first-order chi connectivity index (χ1) is 17.3. The SMILES string of the molecule is C=CC(=O)N1CCN(CCn2c(=O)ccc3cnc(C/C(C=C)=C/CC)nc32)C(C)(C)C1.CC.CC. The second-order valence-corrected chi connectivity index (χ2v) is 8.72. The van der Waals surface area contributed by atoms with Crippen LogP contribution in [-0.2, 0) is 17.8 Å². The van der Waals surface area contributed by atoms with Crippen LogP contribution >= 0.6 is 0 Å². The second kappa shape index (κ2) is 15.1. The number of hydrogen-bond donors (Lipinski definition) is 0. The molecule has 198 valence electrons. The highest BCUT2D eigenvalue weighted by atomic mass is 16.2. The Balaban J connectivity index is 0.00000154. The molecule has 0 aromatic carbocycles. The van der Waals surface area contributed by atoms with E-state index in [9.17, 15) is 9.59 Å². The number of carbonyl (C=O) groups excluding carboxylic acids is 1. The minimum absolute atomic E-state index is 0.0387. The summed E-state index contributed by atoms with van der Waals surface area (Å²) in [6.07, 6.45) is 8.59. The van der Waals surface area contributed by atoms with E-state index in [1.54, 1.807) is 22.9 Å². The summed E-state index contributed by atoms with van der Waals surface area (Å²) < 4.78 is 1.73. The molecule has 2 aromatic rings. The summed E-state index contributed by atoms with van der Waals surface area (Å²) in [5.41, 5.74) is 1.45.